The first-order chi connectivity index (χ1) is 9.04. The van der Waals surface area contributed by atoms with Crippen molar-refractivity contribution in [2.45, 2.75) is 12.5 Å². The number of nitrogens with one attached hydrogen (secondary N) is 2. The molecule has 19 heavy (non-hydrogen) atoms. The third kappa shape index (κ3) is 5.23. The number of ether oxygens (including phenoxy) is 1. The SMILES string of the molecule is COCCCNC(=O)CN1CC(=O)NCC1C(=O)O. The fourth-order valence-electron chi connectivity index (χ4n) is 1.78. The fourth-order valence-corrected chi connectivity index (χ4v) is 1.78. The molecule has 2 amide bonds. The summed E-state index contributed by atoms with van der Waals surface area (Å²) in [7, 11) is 1.58. The van der Waals surface area contributed by atoms with Gasteiger partial charge in [0.1, 0.15) is 6.04 Å². The maximum Gasteiger partial charge on any atom is 0.322 e. The lowest BCUT2D eigenvalue weighted by Crippen LogP contribution is -2.59. The molecule has 1 saturated heterocycles. The van der Waals surface area contributed by atoms with Gasteiger partial charge >= 0.3 is 5.97 Å². The zero-order valence-electron chi connectivity index (χ0n) is 10.8. The smallest absolute Gasteiger partial charge is 0.322 e. The zero-order chi connectivity index (χ0) is 14.3. The lowest BCUT2D eigenvalue weighted by atomic mass is 10.2. The van der Waals surface area contributed by atoms with Crippen LogP contribution in [0.1, 0.15) is 6.42 Å². The summed E-state index contributed by atoms with van der Waals surface area (Å²) in [5.74, 6) is -1.62. The van der Waals surface area contributed by atoms with Gasteiger partial charge in [0, 0.05) is 26.8 Å². The van der Waals surface area contributed by atoms with Gasteiger partial charge < -0.3 is 20.5 Å². The van der Waals surface area contributed by atoms with Crippen molar-refractivity contribution in [3.8, 4) is 0 Å². The van der Waals surface area contributed by atoms with E-state index in [4.69, 9.17) is 9.84 Å². The van der Waals surface area contributed by atoms with E-state index in [1.165, 1.54) is 4.90 Å². The summed E-state index contributed by atoms with van der Waals surface area (Å²) in [6, 6.07) is -0.859. The number of carbonyl (C=O) groups is 3. The largest absolute Gasteiger partial charge is 0.480 e. The van der Waals surface area contributed by atoms with Crippen molar-refractivity contribution in [3.63, 3.8) is 0 Å². The van der Waals surface area contributed by atoms with Crippen molar-refractivity contribution >= 4 is 17.8 Å². The second-order valence-corrected chi connectivity index (χ2v) is 4.26. The van der Waals surface area contributed by atoms with E-state index in [2.05, 4.69) is 10.6 Å². The van der Waals surface area contributed by atoms with Crippen LogP contribution in [-0.4, -0.2) is 73.7 Å². The monoisotopic (exact) mass is 273 g/mol. The van der Waals surface area contributed by atoms with Gasteiger partial charge in [0.15, 0.2) is 0 Å². The molecule has 0 aromatic rings. The molecule has 8 heteroatoms. The lowest BCUT2D eigenvalue weighted by Gasteiger charge is -2.31. The van der Waals surface area contributed by atoms with E-state index < -0.39 is 12.0 Å². The highest BCUT2D eigenvalue weighted by molar-refractivity contribution is 5.85. The van der Waals surface area contributed by atoms with Crippen LogP contribution < -0.4 is 10.6 Å². The second-order valence-electron chi connectivity index (χ2n) is 4.26. The third-order valence-corrected chi connectivity index (χ3v) is 2.76. The molecule has 1 aliphatic heterocycles. The Bertz CT molecular complexity index is 347. The number of piperazine rings is 1. The Morgan fingerprint density at radius 3 is 2.95 bits per heavy atom. The summed E-state index contributed by atoms with van der Waals surface area (Å²) in [6.07, 6.45) is 0.686. The minimum atomic E-state index is -1.05. The van der Waals surface area contributed by atoms with Crippen molar-refractivity contribution in [2.24, 2.45) is 0 Å². The fraction of sp³-hybridized carbons (Fsp3) is 0.727. The van der Waals surface area contributed by atoms with Gasteiger partial charge in [-0.15, -0.1) is 0 Å². The van der Waals surface area contributed by atoms with Crippen LogP contribution in [-0.2, 0) is 19.1 Å². The number of carboxylic acid groups (broad SMARTS) is 1. The number of aliphatic carboxylic acids is 1. The number of rotatable bonds is 7. The molecule has 108 valence electrons. The minimum Gasteiger partial charge on any atom is -0.480 e. The predicted molar refractivity (Wildman–Crippen MR) is 65.5 cm³/mol. The van der Waals surface area contributed by atoms with Crippen LogP contribution >= 0.6 is 0 Å². The Hall–Kier alpha value is -1.67. The van der Waals surface area contributed by atoms with E-state index in [1.807, 2.05) is 0 Å². The highest BCUT2D eigenvalue weighted by Gasteiger charge is 2.32. The van der Waals surface area contributed by atoms with Crippen LogP contribution in [0.5, 0.6) is 0 Å². The molecule has 0 radical (unpaired) electrons. The minimum absolute atomic E-state index is 0.0190. The maximum atomic E-state index is 11.6. The summed E-state index contributed by atoms with van der Waals surface area (Å²) in [6.45, 7) is 0.847. The summed E-state index contributed by atoms with van der Waals surface area (Å²) >= 11 is 0. The maximum absolute atomic E-state index is 11.6. The number of hydrogen-bond acceptors (Lipinski definition) is 5. The first-order valence-electron chi connectivity index (χ1n) is 6.03. The van der Waals surface area contributed by atoms with Crippen molar-refractivity contribution in [1.29, 1.82) is 0 Å². The molecule has 1 unspecified atom stereocenters. The highest BCUT2D eigenvalue weighted by atomic mass is 16.5. The van der Waals surface area contributed by atoms with Gasteiger partial charge in [-0.1, -0.05) is 0 Å². The van der Waals surface area contributed by atoms with Crippen molar-refractivity contribution < 1.29 is 24.2 Å². The second kappa shape index (κ2) is 7.70. The van der Waals surface area contributed by atoms with Gasteiger partial charge in [-0.25, -0.2) is 0 Å². The molecular weight excluding hydrogens is 254 g/mol. The van der Waals surface area contributed by atoms with Crippen LogP contribution in [0.25, 0.3) is 0 Å². The van der Waals surface area contributed by atoms with Crippen molar-refractivity contribution in [3.05, 3.63) is 0 Å². The normalized spacial score (nSPS) is 19.8. The van der Waals surface area contributed by atoms with Gasteiger partial charge in [-0.05, 0) is 6.42 Å². The molecule has 0 spiro atoms. The summed E-state index contributed by atoms with van der Waals surface area (Å²) in [4.78, 5) is 35.2. The number of hydrogen-bond donors (Lipinski definition) is 3. The summed E-state index contributed by atoms with van der Waals surface area (Å²) in [5.41, 5.74) is 0. The van der Waals surface area contributed by atoms with E-state index in [0.29, 0.717) is 19.6 Å². The van der Waals surface area contributed by atoms with Crippen LogP contribution in [0.4, 0.5) is 0 Å². The van der Waals surface area contributed by atoms with Gasteiger partial charge in [0.05, 0.1) is 13.1 Å². The number of carboxylic acids is 1. The van der Waals surface area contributed by atoms with Gasteiger partial charge in [-0.3, -0.25) is 19.3 Å². The molecule has 8 nitrogen and oxygen atoms in total. The van der Waals surface area contributed by atoms with E-state index in [9.17, 15) is 14.4 Å². The average molecular weight is 273 g/mol. The van der Waals surface area contributed by atoms with Crippen LogP contribution in [0.3, 0.4) is 0 Å². The Balaban J connectivity index is 2.40. The van der Waals surface area contributed by atoms with Gasteiger partial charge in [0.25, 0.3) is 0 Å². The Kier molecular flexibility index (Phi) is 6.23. The lowest BCUT2D eigenvalue weighted by molar-refractivity contribution is -0.146. The number of carbonyl (C=O) groups excluding carboxylic acids is 2. The van der Waals surface area contributed by atoms with E-state index >= 15 is 0 Å². The van der Waals surface area contributed by atoms with Crippen molar-refractivity contribution in [2.75, 3.05) is 39.9 Å². The van der Waals surface area contributed by atoms with Gasteiger partial charge in [0.2, 0.25) is 11.8 Å². The average Bonchev–Trinajstić information content (AvgIpc) is 2.34. The molecule has 3 N–H and O–H groups in total. The van der Waals surface area contributed by atoms with Crippen LogP contribution in [0, 0.1) is 0 Å². The number of amides is 2. The van der Waals surface area contributed by atoms with E-state index in [-0.39, 0.29) is 31.4 Å². The molecule has 0 bridgehead atoms. The first-order valence-corrected chi connectivity index (χ1v) is 6.03. The number of nitrogens with zero attached hydrogens (tertiary/aromatic N) is 1. The van der Waals surface area contributed by atoms with Crippen LogP contribution in [0.2, 0.25) is 0 Å². The van der Waals surface area contributed by atoms with E-state index in [1.54, 1.807) is 7.11 Å². The summed E-state index contributed by atoms with van der Waals surface area (Å²) < 4.78 is 4.84. The molecule has 0 aromatic heterocycles. The predicted octanol–water partition coefficient (Wildman–Crippen LogP) is -1.98. The topological polar surface area (TPSA) is 108 Å². The summed E-state index contributed by atoms with van der Waals surface area (Å²) in [5, 5.41) is 14.1. The Labute approximate surface area is 111 Å². The number of methoxy groups -OCH3 is 1. The first kappa shape index (κ1) is 15.4. The zero-order valence-corrected chi connectivity index (χ0v) is 10.8. The molecule has 0 saturated carbocycles. The molecule has 1 heterocycles. The molecule has 1 atom stereocenters. The Morgan fingerprint density at radius 2 is 2.32 bits per heavy atom. The molecule has 0 aliphatic carbocycles. The molecular formula is C11H19N3O5. The van der Waals surface area contributed by atoms with Gasteiger partial charge in [-0.2, -0.15) is 0 Å². The standard InChI is InChI=1S/C11H19N3O5/c1-19-4-2-3-12-9(15)6-14-7-10(16)13-5-8(14)11(17)18/h8H,2-7H2,1H3,(H,12,15)(H,13,16)(H,17,18). The molecule has 1 fully saturated rings. The molecule has 1 rings (SSSR count). The highest BCUT2D eigenvalue weighted by Crippen LogP contribution is 2.03. The quantitative estimate of drug-likeness (QED) is 0.464. The van der Waals surface area contributed by atoms with Crippen LogP contribution in [0.15, 0.2) is 0 Å². The van der Waals surface area contributed by atoms with E-state index in [0.717, 1.165) is 0 Å². The van der Waals surface area contributed by atoms with Crippen molar-refractivity contribution in [1.82, 2.24) is 15.5 Å². The molecule has 0 aromatic carbocycles. The third-order valence-electron chi connectivity index (χ3n) is 2.76. The molecule has 1 aliphatic rings. The Morgan fingerprint density at radius 1 is 1.58 bits per heavy atom.